The minimum atomic E-state index is -0.920. The maximum Gasteiger partial charge on any atom is 0.331 e. The van der Waals surface area contributed by atoms with Gasteiger partial charge in [-0.15, -0.1) is 0 Å². The summed E-state index contributed by atoms with van der Waals surface area (Å²) in [5.74, 6) is -1.02. The second kappa shape index (κ2) is 7.77. The molecule has 0 fully saturated rings. The molecule has 0 aliphatic carbocycles. The molecule has 0 saturated carbocycles. The van der Waals surface area contributed by atoms with Crippen molar-refractivity contribution in [2.75, 3.05) is 5.32 Å². The Morgan fingerprint density at radius 3 is 2.77 bits per heavy atom. The van der Waals surface area contributed by atoms with Crippen molar-refractivity contribution in [3.05, 3.63) is 57.8 Å². The lowest BCUT2D eigenvalue weighted by Crippen LogP contribution is -2.29. The Bertz CT molecular complexity index is 682. The van der Waals surface area contributed by atoms with Crippen molar-refractivity contribution in [1.82, 2.24) is 0 Å². The van der Waals surface area contributed by atoms with Crippen molar-refractivity contribution in [1.29, 1.82) is 0 Å². The van der Waals surface area contributed by atoms with E-state index in [9.17, 15) is 9.59 Å². The molecule has 6 heteroatoms. The molecule has 0 radical (unpaired) electrons. The van der Waals surface area contributed by atoms with Gasteiger partial charge in [0.05, 0.1) is 10.7 Å². The predicted molar refractivity (Wildman–Crippen MR) is 89.0 cm³/mol. The summed E-state index contributed by atoms with van der Waals surface area (Å²) < 4.78 is 5.05. The summed E-state index contributed by atoms with van der Waals surface area (Å²) in [6.45, 7) is 1.50. The van der Waals surface area contributed by atoms with E-state index in [2.05, 4.69) is 5.32 Å². The van der Waals surface area contributed by atoms with E-state index in [1.54, 1.807) is 30.3 Å². The molecule has 2 aromatic rings. The number of esters is 1. The van der Waals surface area contributed by atoms with Crippen LogP contribution in [0.15, 0.2) is 47.2 Å². The zero-order valence-electron chi connectivity index (χ0n) is 11.8. The molecule has 0 bridgehead atoms. The van der Waals surface area contributed by atoms with Gasteiger partial charge in [0, 0.05) is 6.08 Å². The highest BCUT2D eigenvalue weighted by Gasteiger charge is 2.17. The van der Waals surface area contributed by atoms with E-state index in [0.29, 0.717) is 10.7 Å². The average Bonchev–Trinajstić information content (AvgIpc) is 3.00. The van der Waals surface area contributed by atoms with Crippen LogP contribution in [0.1, 0.15) is 12.5 Å². The molecule has 1 atom stereocenters. The molecule has 1 aromatic heterocycles. The minimum Gasteiger partial charge on any atom is -0.449 e. The van der Waals surface area contributed by atoms with Crippen molar-refractivity contribution in [3.63, 3.8) is 0 Å². The van der Waals surface area contributed by atoms with Crippen LogP contribution in [0.2, 0.25) is 5.02 Å². The number of carbonyl (C=O) groups excluding carboxylic acids is 2. The number of nitrogens with one attached hydrogen (secondary N) is 1. The summed E-state index contributed by atoms with van der Waals surface area (Å²) in [4.78, 5) is 23.6. The predicted octanol–water partition coefficient (Wildman–Crippen LogP) is 3.99. The van der Waals surface area contributed by atoms with Gasteiger partial charge in [0.1, 0.15) is 0 Å². The van der Waals surface area contributed by atoms with E-state index in [0.717, 1.165) is 5.56 Å². The standard InChI is InChI=1S/C16H14ClNO3S/c1-11(16(20)18-14-5-3-2-4-13(14)17)21-15(19)7-6-12-8-9-22-10-12/h2-11H,1H3,(H,18,20)/b7-6+/t11-/m1/s1. The van der Waals surface area contributed by atoms with Crippen molar-refractivity contribution in [3.8, 4) is 0 Å². The van der Waals surface area contributed by atoms with Crippen molar-refractivity contribution >= 4 is 46.6 Å². The number of hydrogen-bond donors (Lipinski definition) is 1. The Balaban J connectivity index is 1.88. The Hall–Kier alpha value is -2.11. The first kappa shape index (κ1) is 16.3. The SMILES string of the molecule is C[C@@H](OC(=O)/C=C/c1ccsc1)C(=O)Nc1ccccc1Cl. The number of halogens is 1. The zero-order valence-corrected chi connectivity index (χ0v) is 13.4. The molecule has 1 heterocycles. The van der Waals surface area contributed by atoms with Crippen LogP contribution >= 0.6 is 22.9 Å². The fraction of sp³-hybridized carbons (Fsp3) is 0.125. The summed E-state index contributed by atoms with van der Waals surface area (Å²) in [6, 6.07) is 8.73. The average molecular weight is 336 g/mol. The van der Waals surface area contributed by atoms with Gasteiger partial charge in [-0.05, 0) is 47.5 Å². The quantitative estimate of drug-likeness (QED) is 0.664. The van der Waals surface area contributed by atoms with Gasteiger partial charge in [0.25, 0.3) is 5.91 Å². The zero-order chi connectivity index (χ0) is 15.9. The minimum absolute atomic E-state index is 0.423. The van der Waals surface area contributed by atoms with Crippen LogP contribution in [-0.4, -0.2) is 18.0 Å². The first-order valence-corrected chi connectivity index (χ1v) is 7.84. The Kier molecular flexibility index (Phi) is 5.75. The third-order valence-corrected chi connectivity index (χ3v) is 3.78. The Morgan fingerprint density at radius 1 is 1.32 bits per heavy atom. The Morgan fingerprint density at radius 2 is 2.09 bits per heavy atom. The molecule has 0 unspecified atom stereocenters. The summed E-state index contributed by atoms with van der Waals surface area (Å²) in [5, 5.41) is 6.84. The highest BCUT2D eigenvalue weighted by Crippen LogP contribution is 2.20. The third-order valence-electron chi connectivity index (χ3n) is 2.75. The van der Waals surface area contributed by atoms with Gasteiger partial charge in [0.2, 0.25) is 0 Å². The smallest absolute Gasteiger partial charge is 0.331 e. The van der Waals surface area contributed by atoms with E-state index in [1.807, 2.05) is 16.8 Å². The van der Waals surface area contributed by atoms with Gasteiger partial charge in [-0.1, -0.05) is 23.7 Å². The highest BCUT2D eigenvalue weighted by molar-refractivity contribution is 7.08. The second-order valence-corrected chi connectivity index (χ2v) is 5.63. The molecular weight excluding hydrogens is 322 g/mol. The summed E-state index contributed by atoms with van der Waals surface area (Å²) in [5.41, 5.74) is 1.39. The van der Waals surface area contributed by atoms with Crippen LogP contribution in [0.25, 0.3) is 6.08 Å². The van der Waals surface area contributed by atoms with Crippen LogP contribution in [0.5, 0.6) is 0 Å². The maximum absolute atomic E-state index is 12.0. The van der Waals surface area contributed by atoms with E-state index < -0.39 is 18.0 Å². The molecule has 0 aliphatic rings. The number of rotatable bonds is 5. The number of benzene rings is 1. The monoisotopic (exact) mass is 335 g/mol. The van der Waals surface area contributed by atoms with E-state index in [1.165, 1.54) is 24.3 Å². The van der Waals surface area contributed by atoms with Crippen molar-refractivity contribution in [2.24, 2.45) is 0 Å². The maximum atomic E-state index is 12.0. The molecule has 22 heavy (non-hydrogen) atoms. The molecule has 4 nitrogen and oxygen atoms in total. The number of hydrogen-bond acceptors (Lipinski definition) is 4. The number of anilines is 1. The number of amides is 1. The number of ether oxygens (including phenoxy) is 1. The van der Waals surface area contributed by atoms with Crippen LogP contribution in [0, 0.1) is 0 Å². The molecule has 0 aliphatic heterocycles. The summed E-state index contributed by atoms with van der Waals surface area (Å²) >= 11 is 7.49. The fourth-order valence-electron chi connectivity index (χ4n) is 1.60. The lowest BCUT2D eigenvalue weighted by Gasteiger charge is -2.13. The largest absolute Gasteiger partial charge is 0.449 e. The van der Waals surface area contributed by atoms with Crippen molar-refractivity contribution < 1.29 is 14.3 Å². The topological polar surface area (TPSA) is 55.4 Å². The van der Waals surface area contributed by atoms with Gasteiger partial charge < -0.3 is 10.1 Å². The molecule has 0 spiro atoms. The van der Waals surface area contributed by atoms with Crippen LogP contribution in [0.4, 0.5) is 5.69 Å². The highest BCUT2D eigenvalue weighted by atomic mass is 35.5. The second-order valence-electron chi connectivity index (χ2n) is 4.44. The van der Waals surface area contributed by atoms with Gasteiger partial charge in [-0.2, -0.15) is 11.3 Å². The van der Waals surface area contributed by atoms with E-state index in [4.69, 9.17) is 16.3 Å². The van der Waals surface area contributed by atoms with Gasteiger partial charge >= 0.3 is 5.97 Å². The van der Waals surface area contributed by atoms with Gasteiger partial charge in [0.15, 0.2) is 6.10 Å². The molecule has 0 saturated heterocycles. The third kappa shape index (κ3) is 4.72. The number of carbonyl (C=O) groups is 2. The first-order valence-electron chi connectivity index (χ1n) is 6.52. The van der Waals surface area contributed by atoms with Gasteiger partial charge in [-0.3, -0.25) is 4.79 Å². The molecule has 1 amide bonds. The molecule has 1 aromatic carbocycles. The first-order chi connectivity index (χ1) is 10.6. The number of para-hydroxylation sites is 1. The van der Waals surface area contributed by atoms with Crippen LogP contribution < -0.4 is 5.32 Å². The molecule has 2 rings (SSSR count). The summed E-state index contributed by atoms with van der Waals surface area (Å²) in [6.07, 6.45) is 2.01. The molecular formula is C16H14ClNO3S. The normalized spacial score (nSPS) is 12.1. The van der Waals surface area contributed by atoms with Gasteiger partial charge in [-0.25, -0.2) is 4.79 Å². The summed E-state index contributed by atoms with van der Waals surface area (Å²) in [7, 11) is 0. The van der Waals surface area contributed by atoms with Crippen LogP contribution in [0.3, 0.4) is 0 Å². The van der Waals surface area contributed by atoms with Crippen LogP contribution in [-0.2, 0) is 14.3 Å². The number of thiophene rings is 1. The lowest BCUT2D eigenvalue weighted by atomic mass is 10.3. The fourth-order valence-corrected chi connectivity index (χ4v) is 2.41. The van der Waals surface area contributed by atoms with Crippen molar-refractivity contribution in [2.45, 2.75) is 13.0 Å². The molecule has 1 N–H and O–H groups in total. The Labute approximate surface area is 137 Å². The lowest BCUT2D eigenvalue weighted by molar-refractivity contribution is -0.148. The van der Waals surface area contributed by atoms with E-state index in [-0.39, 0.29) is 0 Å². The molecule has 114 valence electrons. The van der Waals surface area contributed by atoms with E-state index >= 15 is 0 Å².